The van der Waals surface area contributed by atoms with Crippen LogP contribution in [-0.4, -0.2) is 53.0 Å². The van der Waals surface area contributed by atoms with Crippen LogP contribution in [-0.2, 0) is 10.0 Å². The van der Waals surface area contributed by atoms with Gasteiger partial charge in [-0.15, -0.1) is 15.3 Å². The quantitative estimate of drug-likeness (QED) is 0.675. The van der Waals surface area contributed by atoms with E-state index in [0.29, 0.717) is 12.2 Å². The van der Waals surface area contributed by atoms with Crippen molar-refractivity contribution < 1.29 is 12.9 Å². The van der Waals surface area contributed by atoms with Crippen molar-refractivity contribution in [3.05, 3.63) is 30.4 Å². The van der Waals surface area contributed by atoms with E-state index in [1.807, 2.05) is 19.1 Å². The predicted molar refractivity (Wildman–Crippen MR) is 82.9 cm³/mol. The maximum absolute atomic E-state index is 12.0. The number of hydrogen-bond acceptors (Lipinski definition) is 8. The van der Waals surface area contributed by atoms with Crippen molar-refractivity contribution in [2.24, 2.45) is 5.92 Å². The van der Waals surface area contributed by atoms with Crippen LogP contribution in [0.4, 0.5) is 5.82 Å². The van der Waals surface area contributed by atoms with E-state index < -0.39 is 10.0 Å². The lowest BCUT2D eigenvalue weighted by Crippen LogP contribution is -2.51. The predicted octanol–water partition coefficient (Wildman–Crippen LogP) is -0.165. The highest BCUT2D eigenvalue weighted by molar-refractivity contribution is 7.89. The van der Waals surface area contributed by atoms with Gasteiger partial charge < -0.3 is 9.42 Å². The Bertz CT molecular complexity index is 961. The SMILES string of the molecule is Cc1nnc2ccc(N3CC(CNS(=O)(=O)c4cnoc4)C3)nn12. The lowest BCUT2D eigenvalue weighted by molar-refractivity contribution is 0.401. The van der Waals surface area contributed by atoms with Gasteiger partial charge in [0.15, 0.2) is 11.5 Å². The number of nitrogens with one attached hydrogen (secondary N) is 1. The highest BCUT2D eigenvalue weighted by atomic mass is 32.2. The van der Waals surface area contributed by atoms with E-state index in [2.05, 4.69) is 34.6 Å². The van der Waals surface area contributed by atoms with Crippen molar-refractivity contribution in [1.82, 2.24) is 29.7 Å². The molecule has 126 valence electrons. The standard InChI is InChI=1S/C13H15N7O3S/c1-9-16-17-12-2-3-13(18-20(9)12)19-6-10(7-19)4-15-24(21,22)11-5-14-23-8-11/h2-3,5,8,10,15H,4,6-7H2,1H3. The van der Waals surface area contributed by atoms with Gasteiger partial charge in [-0.1, -0.05) is 5.16 Å². The first-order valence-electron chi connectivity index (χ1n) is 7.36. The largest absolute Gasteiger partial charge is 0.363 e. The zero-order valence-corrected chi connectivity index (χ0v) is 13.6. The van der Waals surface area contributed by atoms with Gasteiger partial charge in [0.25, 0.3) is 0 Å². The molecule has 0 aliphatic carbocycles. The van der Waals surface area contributed by atoms with E-state index >= 15 is 0 Å². The fourth-order valence-corrected chi connectivity index (χ4v) is 3.55. The minimum Gasteiger partial charge on any atom is -0.363 e. The third-order valence-electron chi connectivity index (χ3n) is 3.97. The van der Waals surface area contributed by atoms with E-state index in [-0.39, 0.29) is 10.8 Å². The molecule has 1 aliphatic heterocycles. The molecule has 1 aliphatic rings. The summed E-state index contributed by atoms with van der Waals surface area (Å²) < 4.78 is 32.8. The molecule has 4 rings (SSSR count). The van der Waals surface area contributed by atoms with Crippen LogP contribution >= 0.6 is 0 Å². The fourth-order valence-electron chi connectivity index (χ4n) is 2.58. The molecule has 3 aromatic rings. The van der Waals surface area contributed by atoms with Crippen LogP contribution in [0, 0.1) is 12.8 Å². The lowest BCUT2D eigenvalue weighted by atomic mass is 10.0. The summed E-state index contributed by atoms with van der Waals surface area (Å²) in [6.45, 7) is 3.66. The second kappa shape index (κ2) is 5.53. The Balaban J connectivity index is 1.37. The Morgan fingerprint density at radius 3 is 2.92 bits per heavy atom. The lowest BCUT2D eigenvalue weighted by Gasteiger charge is -2.40. The molecule has 0 aromatic carbocycles. The molecular formula is C13H15N7O3S. The van der Waals surface area contributed by atoms with Crippen LogP contribution in [0.2, 0.25) is 0 Å². The minimum absolute atomic E-state index is 0.0360. The van der Waals surface area contributed by atoms with Gasteiger partial charge in [0.2, 0.25) is 10.0 Å². The van der Waals surface area contributed by atoms with Crippen molar-refractivity contribution in [3.63, 3.8) is 0 Å². The second-order valence-electron chi connectivity index (χ2n) is 5.69. The van der Waals surface area contributed by atoms with Crippen molar-refractivity contribution in [2.45, 2.75) is 11.8 Å². The number of aromatic nitrogens is 5. The molecule has 10 nitrogen and oxygen atoms in total. The summed E-state index contributed by atoms with van der Waals surface area (Å²) >= 11 is 0. The first kappa shape index (κ1) is 15.0. The maximum atomic E-state index is 12.0. The third-order valence-corrected chi connectivity index (χ3v) is 5.34. The van der Waals surface area contributed by atoms with Crippen molar-refractivity contribution in [1.29, 1.82) is 0 Å². The normalized spacial score (nSPS) is 15.8. The summed E-state index contributed by atoms with van der Waals surface area (Å²) in [7, 11) is -3.56. The molecule has 1 N–H and O–H groups in total. The number of rotatable bonds is 5. The first-order chi connectivity index (χ1) is 11.5. The van der Waals surface area contributed by atoms with Crippen LogP contribution in [0.1, 0.15) is 5.82 Å². The number of nitrogens with zero attached hydrogens (tertiary/aromatic N) is 6. The third kappa shape index (κ3) is 2.61. The van der Waals surface area contributed by atoms with Gasteiger partial charge in [0.1, 0.15) is 17.0 Å². The van der Waals surface area contributed by atoms with Crippen molar-refractivity contribution >= 4 is 21.5 Å². The Labute approximate surface area is 137 Å². The van der Waals surface area contributed by atoms with Crippen molar-refractivity contribution in [2.75, 3.05) is 24.5 Å². The van der Waals surface area contributed by atoms with Gasteiger partial charge in [-0.3, -0.25) is 0 Å². The summed E-state index contributed by atoms with van der Waals surface area (Å²) in [5.41, 5.74) is 0.704. The molecule has 3 aromatic heterocycles. The van der Waals surface area contributed by atoms with Crippen molar-refractivity contribution in [3.8, 4) is 0 Å². The van der Waals surface area contributed by atoms with Crippen LogP contribution in [0.25, 0.3) is 5.65 Å². The Morgan fingerprint density at radius 1 is 1.33 bits per heavy atom. The number of anilines is 1. The molecule has 1 fully saturated rings. The van der Waals surface area contributed by atoms with Gasteiger partial charge in [-0.2, -0.15) is 4.52 Å². The molecule has 1 saturated heterocycles. The monoisotopic (exact) mass is 349 g/mol. The molecule has 0 unspecified atom stereocenters. The summed E-state index contributed by atoms with van der Waals surface area (Å²) in [5.74, 6) is 1.77. The molecule has 0 atom stereocenters. The van der Waals surface area contributed by atoms with Crippen LogP contribution in [0.5, 0.6) is 0 Å². The molecule has 0 saturated carbocycles. The zero-order chi connectivity index (χ0) is 16.7. The van der Waals surface area contributed by atoms with Crippen LogP contribution in [0.15, 0.2) is 34.0 Å². The Kier molecular flexibility index (Phi) is 3.46. The van der Waals surface area contributed by atoms with Gasteiger partial charge >= 0.3 is 0 Å². The molecule has 0 amide bonds. The molecule has 4 heterocycles. The maximum Gasteiger partial charge on any atom is 0.245 e. The van der Waals surface area contributed by atoms with Gasteiger partial charge in [0.05, 0.1) is 6.20 Å². The van der Waals surface area contributed by atoms with Crippen LogP contribution in [0.3, 0.4) is 0 Å². The zero-order valence-electron chi connectivity index (χ0n) is 12.8. The molecule has 11 heteroatoms. The average Bonchev–Trinajstić information content (AvgIpc) is 3.17. The Morgan fingerprint density at radius 2 is 2.17 bits per heavy atom. The molecule has 0 spiro atoms. The van der Waals surface area contributed by atoms with E-state index in [4.69, 9.17) is 0 Å². The molecule has 0 radical (unpaired) electrons. The number of sulfonamides is 1. The minimum atomic E-state index is -3.56. The summed E-state index contributed by atoms with van der Waals surface area (Å²) in [6, 6.07) is 3.76. The Hall–Kier alpha value is -2.53. The highest BCUT2D eigenvalue weighted by Gasteiger charge is 2.29. The first-order valence-corrected chi connectivity index (χ1v) is 8.84. The highest BCUT2D eigenvalue weighted by Crippen LogP contribution is 2.23. The summed E-state index contributed by atoms with van der Waals surface area (Å²) in [4.78, 5) is 2.12. The topological polar surface area (TPSA) is 119 Å². The summed E-state index contributed by atoms with van der Waals surface area (Å²) in [6.07, 6.45) is 2.28. The molecule has 24 heavy (non-hydrogen) atoms. The number of hydrogen-bond donors (Lipinski definition) is 1. The van der Waals surface area contributed by atoms with Crippen LogP contribution < -0.4 is 9.62 Å². The number of aryl methyl sites for hydroxylation is 1. The van der Waals surface area contributed by atoms with Gasteiger partial charge in [-0.25, -0.2) is 13.1 Å². The van der Waals surface area contributed by atoms with E-state index in [0.717, 1.165) is 31.0 Å². The van der Waals surface area contributed by atoms with E-state index in [1.54, 1.807) is 4.52 Å². The number of fused-ring (bicyclic) bond motifs is 1. The average molecular weight is 349 g/mol. The van der Waals surface area contributed by atoms with Gasteiger partial charge in [-0.05, 0) is 19.1 Å². The second-order valence-corrected chi connectivity index (χ2v) is 7.46. The summed E-state index contributed by atoms with van der Waals surface area (Å²) in [5, 5.41) is 15.9. The van der Waals surface area contributed by atoms with Gasteiger partial charge in [0, 0.05) is 25.6 Å². The fraction of sp³-hybridized carbons (Fsp3) is 0.385. The van der Waals surface area contributed by atoms with E-state index in [9.17, 15) is 8.42 Å². The molecule has 0 bridgehead atoms. The smallest absolute Gasteiger partial charge is 0.245 e. The van der Waals surface area contributed by atoms with E-state index in [1.165, 1.54) is 6.20 Å². The molecular weight excluding hydrogens is 334 g/mol.